The molecule has 0 saturated carbocycles. The molecule has 0 atom stereocenters. The van der Waals surface area contributed by atoms with Gasteiger partial charge in [0.2, 0.25) is 11.8 Å². The molecule has 1 aromatic heterocycles. The van der Waals surface area contributed by atoms with E-state index in [0.29, 0.717) is 30.1 Å². The average molecular weight is 382 g/mol. The fourth-order valence-corrected chi connectivity index (χ4v) is 3.44. The Bertz CT molecular complexity index is 910. The van der Waals surface area contributed by atoms with E-state index in [2.05, 4.69) is 10.3 Å². The Kier molecular flexibility index (Phi) is 5.94. The topological polar surface area (TPSA) is 95.3 Å². The predicted octanol–water partition coefficient (Wildman–Crippen LogP) is 3.55. The van der Waals surface area contributed by atoms with Gasteiger partial charge in [0.1, 0.15) is 17.4 Å². The van der Waals surface area contributed by atoms with Crippen LogP contribution in [0, 0.1) is 18.3 Å². The highest BCUT2D eigenvalue weighted by atomic mass is 32.2. The summed E-state index contributed by atoms with van der Waals surface area (Å²) in [4.78, 5) is 29.5. The Morgan fingerprint density at radius 3 is 3.00 bits per heavy atom. The van der Waals surface area contributed by atoms with E-state index in [1.54, 1.807) is 41.4 Å². The summed E-state index contributed by atoms with van der Waals surface area (Å²) in [6.45, 7) is 2.97. The second kappa shape index (κ2) is 8.56. The highest BCUT2D eigenvalue weighted by Gasteiger charge is 2.21. The van der Waals surface area contributed by atoms with E-state index in [9.17, 15) is 9.59 Å². The molecule has 0 radical (unpaired) electrons. The van der Waals surface area contributed by atoms with Crippen LogP contribution in [-0.2, 0) is 4.79 Å². The van der Waals surface area contributed by atoms with Gasteiger partial charge in [-0.2, -0.15) is 5.26 Å². The van der Waals surface area contributed by atoms with E-state index in [-0.39, 0.29) is 23.4 Å². The largest absolute Gasteiger partial charge is 0.438 e. The van der Waals surface area contributed by atoms with Crippen LogP contribution >= 0.6 is 11.8 Å². The molecule has 3 rings (SSSR count). The fraction of sp³-hybridized carbons (Fsp3) is 0.263. The van der Waals surface area contributed by atoms with Gasteiger partial charge in [-0.05, 0) is 42.8 Å². The molecule has 27 heavy (non-hydrogen) atoms. The van der Waals surface area contributed by atoms with Crippen molar-refractivity contribution in [1.82, 2.24) is 9.88 Å². The van der Waals surface area contributed by atoms with Crippen molar-refractivity contribution >= 4 is 28.6 Å². The maximum absolute atomic E-state index is 12.2. The number of nitrogens with zero attached hydrogens (tertiary/aromatic N) is 3. The zero-order valence-corrected chi connectivity index (χ0v) is 15.6. The minimum atomic E-state index is -0.145. The fourth-order valence-electron chi connectivity index (χ4n) is 2.59. The summed E-state index contributed by atoms with van der Waals surface area (Å²) in [6, 6.07) is 10.6. The summed E-state index contributed by atoms with van der Waals surface area (Å²) in [6.07, 6.45) is 1.81. The molecule has 8 heteroatoms. The number of hydrogen-bond donors (Lipinski definition) is 1. The van der Waals surface area contributed by atoms with Gasteiger partial charge in [-0.25, -0.2) is 4.98 Å². The lowest BCUT2D eigenvalue weighted by Gasteiger charge is -2.15. The SMILES string of the molecule is Cc1cc(Oc2ncccc2C#N)ccc1NC(=O)CCN1CCSC1=O. The van der Waals surface area contributed by atoms with Gasteiger partial charge in [0.25, 0.3) is 5.24 Å². The molecule has 1 aliphatic rings. The van der Waals surface area contributed by atoms with Gasteiger partial charge in [-0.15, -0.1) is 0 Å². The molecule has 2 amide bonds. The molecule has 2 heterocycles. The van der Waals surface area contributed by atoms with E-state index < -0.39 is 0 Å². The molecular weight excluding hydrogens is 364 g/mol. The maximum Gasteiger partial charge on any atom is 0.281 e. The van der Waals surface area contributed by atoms with Gasteiger partial charge >= 0.3 is 0 Å². The molecule has 138 valence electrons. The molecular formula is C19H18N4O3S. The lowest BCUT2D eigenvalue weighted by atomic mass is 10.2. The normalized spacial score (nSPS) is 13.3. The Morgan fingerprint density at radius 1 is 1.44 bits per heavy atom. The molecule has 1 saturated heterocycles. The second-order valence-corrected chi connectivity index (χ2v) is 6.99. The molecule has 7 nitrogen and oxygen atoms in total. The summed E-state index contributed by atoms with van der Waals surface area (Å²) in [5.41, 5.74) is 1.85. The van der Waals surface area contributed by atoms with Gasteiger partial charge < -0.3 is 15.0 Å². The van der Waals surface area contributed by atoms with Crippen LogP contribution < -0.4 is 10.1 Å². The van der Waals surface area contributed by atoms with Crippen LogP contribution in [0.3, 0.4) is 0 Å². The van der Waals surface area contributed by atoms with Crippen molar-refractivity contribution in [3.8, 4) is 17.7 Å². The molecule has 1 fully saturated rings. The first-order chi connectivity index (χ1) is 13.1. The first kappa shape index (κ1) is 18.7. The van der Waals surface area contributed by atoms with Crippen molar-refractivity contribution in [1.29, 1.82) is 5.26 Å². The minimum absolute atomic E-state index is 0.0340. The number of benzene rings is 1. The first-order valence-corrected chi connectivity index (χ1v) is 9.40. The Labute approximate surface area is 161 Å². The highest BCUT2D eigenvalue weighted by Crippen LogP contribution is 2.27. The number of aryl methyl sites for hydroxylation is 1. The third-order valence-corrected chi connectivity index (χ3v) is 4.92. The summed E-state index contributed by atoms with van der Waals surface area (Å²) in [5.74, 6) is 1.41. The Hall–Kier alpha value is -3.05. The number of anilines is 1. The molecule has 0 unspecified atom stereocenters. The predicted molar refractivity (Wildman–Crippen MR) is 103 cm³/mol. The van der Waals surface area contributed by atoms with Gasteiger partial charge in [-0.1, -0.05) is 11.8 Å². The summed E-state index contributed by atoms with van der Waals surface area (Å²) < 4.78 is 5.68. The van der Waals surface area contributed by atoms with E-state index >= 15 is 0 Å². The van der Waals surface area contributed by atoms with Gasteiger partial charge in [0, 0.05) is 37.1 Å². The Balaban J connectivity index is 1.60. The zero-order valence-electron chi connectivity index (χ0n) is 14.8. The van der Waals surface area contributed by atoms with Crippen LogP contribution in [0.2, 0.25) is 0 Å². The lowest BCUT2D eigenvalue weighted by Crippen LogP contribution is -2.27. The van der Waals surface area contributed by atoms with Crippen molar-refractivity contribution < 1.29 is 14.3 Å². The van der Waals surface area contributed by atoms with Crippen LogP contribution in [0.15, 0.2) is 36.5 Å². The molecule has 1 N–H and O–H groups in total. The van der Waals surface area contributed by atoms with Crippen LogP contribution in [0.5, 0.6) is 11.6 Å². The van der Waals surface area contributed by atoms with Crippen LogP contribution in [0.1, 0.15) is 17.5 Å². The number of rotatable bonds is 6. The third-order valence-electron chi connectivity index (χ3n) is 4.03. The molecule has 2 aromatic rings. The van der Waals surface area contributed by atoms with Crippen LogP contribution in [0.25, 0.3) is 0 Å². The van der Waals surface area contributed by atoms with Gasteiger partial charge in [-0.3, -0.25) is 9.59 Å². The van der Waals surface area contributed by atoms with Gasteiger partial charge in [0.05, 0.1) is 0 Å². The van der Waals surface area contributed by atoms with E-state index in [1.807, 2.05) is 13.0 Å². The average Bonchev–Trinajstić information content (AvgIpc) is 3.07. The zero-order chi connectivity index (χ0) is 19.2. The number of thioether (sulfide) groups is 1. The van der Waals surface area contributed by atoms with E-state index in [1.165, 1.54) is 11.8 Å². The van der Waals surface area contributed by atoms with Crippen molar-refractivity contribution in [3.63, 3.8) is 0 Å². The van der Waals surface area contributed by atoms with E-state index in [4.69, 9.17) is 10.00 Å². The van der Waals surface area contributed by atoms with Crippen LogP contribution in [-0.4, -0.2) is 39.9 Å². The lowest BCUT2D eigenvalue weighted by molar-refractivity contribution is -0.116. The Morgan fingerprint density at radius 2 is 2.30 bits per heavy atom. The quantitative estimate of drug-likeness (QED) is 0.821. The number of amides is 2. The molecule has 1 aromatic carbocycles. The summed E-state index contributed by atoms with van der Waals surface area (Å²) in [7, 11) is 0. The number of carbonyl (C=O) groups is 2. The first-order valence-electron chi connectivity index (χ1n) is 8.42. The number of hydrogen-bond acceptors (Lipinski definition) is 6. The summed E-state index contributed by atoms with van der Waals surface area (Å²) >= 11 is 1.28. The molecule has 0 aliphatic carbocycles. The van der Waals surface area contributed by atoms with Crippen molar-refractivity contribution in [2.75, 3.05) is 24.2 Å². The highest BCUT2D eigenvalue weighted by molar-refractivity contribution is 8.13. The number of aromatic nitrogens is 1. The smallest absolute Gasteiger partial charge is 0.281 e. The monoisotopic (exact) mass is 382 g/mol. The number of ether oxygens (including phenoxy) is 1. The second-order valence-electron chi connectivity index (χ2n) is 5.95. The molecule has 1 aliphatic heterocycles. The van der Waals surface area contributed by atoms with Gasteiger partial charge in [0.15, 0.2) is 0 Å². The summed E-state index contributed by atoms with van der Waals surface area (Å²) in [5, 5.41) is 12.0. The standard InChI is InChI=1S/C19H18N4O3S/c1-13-11-15(26-18-14(12-20)3-2-7-21-18)4-5-16(13)22-17(24)6-8-23-9-10-27-19(23)25/h2-5,7,11H,6,8-10H2,1H3,(H,22,24). The minimum Gasteiger partial charge on any atom is -0.438 e. The van der Waals surface area contributed by atoms with Crippen molar-refractivity contribution in [2.45, 2.75) is 13.3 Å². The van der Waals surface area contributed by atoms with Crippen molar-refractivity contribution in [3.05, 3.63) is 47.7 Å². The third kappa shape index (κ3) is 4.77. The van der Waals surface area contributed by atoms with E-state index in [0.717, 1.165) is 11.3 Å². The number of carbonyl (C=O) groups excluding carboxylic acids is 2. The maximum atomic E-state index is 12.2. The molecule has 0 bridgehead atoms. The van der Waals surface area contributed by atoms with Crippen molar-refractivity contribution in [2.24, 2.45) is 0 Å². The number of nitrogens with one attached hydrogen (secondary N) is 1. The molecule has 0 spiro atoms. The van der Waals surface area contributed by atoms with Crippen LogP contribution in [0.4, 0.5) is 10.5 Å². The number of pyridine rings is 1. The number of nitriles is 1.